The number of hydrogen-bond donors (Lipinski definition) is 1. The average molecular weight is 394 g/mol. The molecule has 0 radical (unpaired) electrons. The van der Waals surface area contributed by atoms with Gasteiger partial charge in [-0.25, -0.2) is 4.98 Å². The molecule has 0 aliphatic rings. The number of benzene rings is 2. The van der Waals surface area contributed by atoms with Crippen LogP contribution in [0.3, 0.4) is 0 Å². The van der Waals surface area contributed by atoms with Gasteiger partial charge in [-0.1, -0.05) is 41.9 Å². The number of aryl methyl sites for hydroxylation is 2. The van der Waals surface area contributed by atoms with Crippen LogP contribution in [-0.2, 0) is 4.79 Å². The lowest BCUT2D eigenvalue weighted by Crippen LogP contribution is -2.15. The van der Waals surface area contributed by atoms with E-state index in [0.29, 0.717) is 10.7 Å². The third kappa shape index (κ3) is 4.43. The Kier molecular flexibility index (Phi) is 5.70. The van der Waals surface area contributed by atoms with Crippen molar-refractivity contribution < 1.29 is 4.79 Å². The number of anilines is 1. The number of nitriles is 1. The molecule has 6 heteroatoms. The summed E-state index contributed by atoms with van der Waals surface area (Å²) in [6.45, 7) is 3.83. The minimum atomic E-state index is -0.448. The Balaban J connectivity index is 1.83. The second-order valence-electron chi connectivity index (χ2n) is 5.98. The first-order valence-corrected chi connectivity index (χ1v) is 9.44. The van der Waals surface area contributed by atoms with E-state index in [1.807, 2.05) is 55.6 Å². The molecule has 1 heterocycles. The highest BCUT2D eigenvalue weighted by Crippen LogP contribution is 2.26. The van der Waals surface area contributed by atoms with Gasteiger partial charge in [0.25, 0.3) is 5.91 Å². The zero-order chi connectivity index (χ0) is 19.4. The number of halogens is 1. The van der Waals surface area contributed by atoms with Crippen molar-refractivity contribution in [2.24, 2.45) is 0 Å². The lowest BCUT2D eigenvalue weighted by molar-refractivity contribution is -0.112. The molecule has 27 heavy (non-hydrogen) atoms. The molecule has 0 aliphatic heterocycles. The maximum absolute atomic E-state index is 12.5. The van der Waals surface area contributed by atoms with Crippen LogP contribution in [-0.4, -0.2) is 10.9 Å². The van der Waals surface area contributed by atoms with E-state index in [1.54, 1.807) is 12.1 Å². The van der Waals surface area contributed by atoms with Gasteiger partial charge in [-0.05, 0) is 43.2 Å². The van der Waals surface area contributed by atoms with Crippen LogP contribution in [0, 0.1) is 25.2 Å². The van der Waals surface area contributed by atoms with E-state index < -0.39 is 5.91 Å². The van der Waals surface area contributed by atoms with Gasteiger partial charge in [-0.3, -0.25) is 4.79 Å². The fourth-order valence-electron chi connectivity index (χ4n) is 2.57. The molecule has 0 saturated carbocycles. The molecular formula is C21H16ClN3OS. The van der Waals surface area contributed by atoms with Crippen LogP contribution in [0.15, 0.2) is 53.4 Å². The van der Waals surface area contributed by atoms with Gasteiger partial charge in [0.1, 0.15) is 16.6 Å². The minimum Gasteiger partial charge on any atom is -0.321 e. The van der Waals surface area contributed by atoms with Gasteiger partial charge in [0.05, 0.1) is 5.69 Å². The summed E-state index contributed by atoms with van der Waals surface area (Å²) >= 11 is 7.35. The Hall–Kier alpha value is -2.94. The Morgan fingerprint density at radius 3 is 2.48 bits per heavy atom. The van der Waals surface area contributed by atoms with E-state index in [9.17, 15) is 10.1 Å². The molecular weight excluding hydrogens is 378 g/mol. The van der Waals surface area contributed by atoms with Crippen molar-refractivity contribution in [2.45, 2.75) is 13.8 Å². The first kappa shape index (κ1) is 18.8. The third-order valence-corrected chi connectivity index (χ3v) is 5.15. The van der Waals surface area contributed by atoms with Crippen molar-refractivity contribution in [2.75, 3.05) is 5.32 Å². The molecule has 134 valence electrons. The Bertz CT molecular complexity index is 1040. The molecule has 1 N–H and O–H groups in total. The second kappa shape index (κ2) is 8.17. The van der Waals surface area contributed by atoms with Crippen LogP contribution in [0.4, 0.5) is 5.69 Å². The predicted molar refractivity (Wildman–Crippen MR) is 111 cm³/mol. The third-order valence-electron chi connectivity index (χ3n) is 3.99. The first-order valence-electron chi connectivity index (χ1n) is 8.19. The predicted octanol–water partition coefficient (Wildman–Crippen LogP) is 5.63. The summed E-state index contributed by atoms with van der Waals surface area (Å²) in [5.74, 6) is -0.448. The van der Waals surface area contributed by atoms with Crippen LogP contribution in [0.5, 0.6) is 0 Å². The fourth-order valence-corrected chi connectivity index (χ4v) is 3.48. The number of nitrogens with zero attached hydrogens (tertiary/aromatic N) is 2. The van der Waals surface area contributed by atoms with Gasteiger partial charge in [0.15, 0.2) is 0 Å². The van der Waals surface area contributed by atoms with Crippen molar-refractivity contribution in [3.8, 4) is 16.6 Å². The summed E-state index contributed by atoms with van der Waals surface area (Å²) in [5.41, 5.74) is 4.12. The zero-order valence-electron chi connectivity index (χ0n) is 14.8. The summed E-state index contributed by atoms with van der Waals surface area (Å²) < 4.78 is 0. The highest BCUT2D eigenvalue weighted by molar-refractivity contribution is 7.13. The van der Waals surface area contributed by atoms with Gasteiger partial charge in [0.2, 0.25) is 0 Å². The van der Waals surface area contributed by atoms with Gasteiger partial charge in [-0.15, -0.1) is 11.3 Å². The van der Waals surface area contributed by atoms with Crippen molar-refractivity contribution in [3.05, 3.63) is 75.3 Å². The monoisotopic (exact) mass is 393 g/mol. The summed E-state index contributed by atoms with van der Waals surface area (Å²) in [5, 5.41) is 15.5. The molecule has 0 bridgehead atoms. The molecule has 0 atom stereocenters. The Morgan fingerprint density at radius 1 is 1.19 bits per heavy atom. The highest BCUT2D eigenvalue weighted by atomic mass is 35.5. The minimum absolute atomic E-state index is 0.00519. The lowest BCUT2D eigenvalue weighted by atomic mass is 10.1. The van der Waals surface area contributed by atoms with Crippen LogP contribution < -0.4 is 5.32 Å². The van der Waals surface area contributed by atoms with Crippen molar-refractivity contribution in [1.82, 2.24) is 4.98 Å². The number of amides is 1. The van der Waals surface area contributed by atoms with Crippen molar-refractivity contribution in [1.29, 1.82) is 5.26 Å². The van der Waals surface area contributed by atoms with Crippen LogP contribution in [0.2, 0.25) is 5.02 Å². The van der Waals surface area contributed by atoms with Gasteiger partial charge < -0.3 is 5.32 Å². The summed E-state index contributed by atoms with van der Waals surface area (Å²) in [6, 6.07) is 15.1. The van der Waals surface area contributed by atoms with Gasteiger partial charge >= 0.3 is 0 Å². The smallest absolute Gasteiger partial charge is 0.266 e. The molecule has 3 aromatic rings. The number of aromatic nitrogens is 1. The van der Waals surface area contributed by atoms with E-state index in [0.717, 1.165) is 27.4 Å². The van der Waals surface area contributed by atoms with Gasteiger partial charge in [0, 0.05) is 21.7 Å². The maximum Gasteiger partial charge on any atom is 0.266 e. The molecule has 0 spiro atoms. The number of carbonyl (C=O) groups excluding carboxylic acids is 1. The van der Waals surface area contributed by atoms with E-state index >= 15 is 0 Å². The molecule has 1 amide bonds. The highest BCUT2D eigenvalue weighted by Gasteiger charge is 2.13. The molecule has 2 aromatic carbocycles. The molecule has 3 rings (SSSR count). The molecule has 0 saturated heterocycles. The van der Waals surface area contributed by atoms with Crippen LogP contribution in [0.25, 0.3) is 16.6 Å². The molecule has 0 fully saturated rings. The number of hydrogen-bond acceptors (Lipinski definition) is 4. The summed E-state index contributed by atoms with van der Waals surface area (Å²) in [4.78, 5) is 17.0. The SMILES string of the molecule is Cc1cccc(C)c1NC(=O)/C(C#N)=C/c1csc(-c2ccc(Cl)cc2)n1. The van der Waals surface area contributed by atoms with E-state index in [-0.39, 0.29) is 5.57 Å². The molecule has 0 unspecified atom stereocenters. The summed E-state index contributed by atoms with van der Waals surface area (Å²) in [6.07, 6.45) is 1.50. The number of nitrogens with one attached hydrogen (secondary N) is 1. The number of thiazole rings is 1. The average Bonchev–Trinajstić information content (AvgIpc) is 3.12. The van der Waals surface area contributed by atoms with Crippen LogP contribution >= 0.6 is 22.9 Å². The second-order valence-corrected chi connectivity index (χ2v) is 7.27. The molecule has 4 nitrogen and oxygen atoms in total. The van der Waals surface area contributed by atoms with E-state index in [4.69, 9.17) is 11.6 Å². The number of carbonyl (C=O) groups is 1. The Labute approximate surface area is 166 Å². The quantitative estimate of drug-likeness (QED) is 0.461. The number of para-hydroxylation sites is 1. The fraction of sp³-hybridized carbons (Fsp3) is 0.0952. The normalized spacial score (nSPS) is 11.1. The van der Waals surface area contributed by atoms with Crippen molar-refractivity contribution in [3.63, 3.8) is 0 Å². The lowest BCUT2D eigenvalue weighted by Gasteiger charge is -2.10. The van der Waals surface area contributed by atoms with Gasteiger partial charge in [-0.2, -0.15) is 5.26 Å². The summed E-state index contributed by atoms with van der Waals surface area (Å²) in [7, 11) is 0. The van der Waals surface area contributed by atoms with E-state index in [2.05, 4.69) is 10.3 Å². The molecule has 1 aromatic heterocycles. The maximum atomic E-state index is 12.5. The Morgan fingerprint density at radius 2 is 1.85 bits per heavy atom. The van der Waals surface area contributed by atoms with Crippen molar-refractivity contribution >= 4 is 40.6 Å². The topological polar surface area (TPSA) is 65.8 Å². The van der Waals surface area contributed by atoms with Crippen LogP contribution in [0.1, 0.15) is 16.8 Å². The first-order chi connectivity index (χ1) is 13.0. The zero-order valence-corrected chi connectivity index (χ0v) is 16.4. The number of rotatable bonds is 4. The van der Waals surface area contributed by atoms with E-state index in [1.165, 1.54) is 17.4 Å². The molecule has 0 aliphatic carbocycles. The largest absolute Gasteiger partial charge is 0.321 e. The standard InChI is InChI=1S/C21H16ClN3OS/c1-13-4-3-5-14(2)19(13)25-20(26)16(11-23)10-18-12-27-21(24-18)15-6-8-17(22)9-7-15/h3-10,12H,1-2H3,(H,25,26)/b16-10+.